The van der Waals surface area contributed by atoms with Gasteiger partial charge in [0.05, 0.1) is 6.42 Å². The molecule has 3 aromatic rings. The Labute approximate surface area is 191 Å². The number of hydrogen-bond donors (Lipinski definition) is 1. The molecule has 0 radical (unpaired) electrons. The van der Waals surface area contributed by atoms with Crippen LogP contribution in [-0.4, -0.2) is 29.8 Å². The molecule has 4 heteroatoms. The molecule has 0 aromatic heterocycles. The molecule has 1 atom stereocenters. The summed E-state index contributed by atoms with van der Waals surface area (Å²) in [6, 6.07) is 23.4. The van der Waals surface area contributed by atoms with E-state index < -0.39 is 6.04 Å². The minimum atomic E-state index is -0.596. The van der Waals surface area contributed by atoms with Gasteiger partial charge in [0.2, 0.25) is 11.8 Å². The van der Waals surface area contributed by atoms with E-state index in [9.17, 15) is 9.59 Å². The van der Waals surface area contributed by atoms with Crippen LogP contribution in [0, 0.1) is 20.8 Å². The second-order valence-corrected chi connectivity index (χ2v) is 8.36. The zero-order valence-corrected chi connectivity index (χ0v) is 19.4. The summed E-state index contributed by atoms with van der Waals surface area (Å²) < 4.78 is 0. The minimum absolute atomic E-state index is 0.0546. The number of nitrogens with zero attached hydrogens (tertiary/aromatic N) is 1. The Bertz CT molecular complexity index is 1080. The average molecular weight is 429 g/mol. The van der Waals surface area contributed by atoms with E-state index in [4.69, 9.17) is 0 Å². The predicted octanol–water partition coefficient (Wildman–Crippen LogP) is 4.54. The fourth-order valence-corrected chi connectivity index (χ4v) is 3.88. The first-order chi connectivity index (χ1) is 15.4. The number of hydrogen-bond acceptors (Lipinski definition) is 2. The average Bonchev–Trinajstić information content (AvgIpc) is 2.80. The Balaban J connectivity index is 1.96. The molecule has 0 aliphatic carbocycles. The van der Waals surface area contributed by atoms with Gasteiger partial charge in [-0.15, -0.1) is 0 Å². The van der Waals surface area contributed by atoms with Crippen LogP contribution in [0.2, 0.25) is 0 Å². The van der Waals surface area contributed by atoms with Gasteiger partial charge < -0.3 is 10.2 Å². The van der Waals surface area contributed by atoms with Crippen LogP contribution in [0.25, 0.3) is 0 Å². The van der Waals surface area contributed by atoms with Crippen LogP contribution < -0.4 is 5.32 Å². The van der Waals surface area contributed by atoms with Crippen molar-refractivity contribution in [3.8, 4) is 0 Å². The third-order valence-electron chi connectivity index (χ3n) is 6.05. The van der Waals surface area contributed by atoms with E-state index in [2.05, 4.69) is 25.2 Å². The zero-order valence-electron chi connectivity index (χ0n) is 19.4. The molecule has 3 rings (SSSR count). The molecule has 0 aliphatic rings. The minimum Gasteiger partial charge on any atom is -0.357 e. The van der Waals surface area contributed by atoms with Gasteiger partial charge in [-0.05, 0) is 54.2 Å². The maximum absolute atomic E-state index is 13.6. The highest BCUT2D eigenvalue weighted by atomic mass is 16.2. The van der Waals surface area contributed by atoms with Crippen molar-refractivity contribution >= 4 is 11.8 Å². The molecule has 0 saturated heterocycles. The second kappa shape index (κ2) is 10.8. The molecular formula is C28H32N2O2. The largest absolute Gasteiger partial charge is 0.357 e. The molecule has 4 nitrogen and oxygen atoms in total. The third kappa shape index (κ3) is 5.85. The smallest absolute Gasteiger partial charge is 0.242 e. The third-order valence-corrected chi connectivity index (χ3v) is 6.05. The fraction of sp³-hybridized carbons (Fsp3) is 0.286. The molecule has 3 aromatic carbocycles. The highest BCUT2D eigenvalue weighted by Gasteiger charge is 2.30. The van der Waals surface area contributed by atoms with Crippen LogP contribution in [0.15, 0.2) is 72.8 Å². The Morgan fingerprint density at radius 2 is 1.50 bits per heavy atom. The molecule has 0 unspecified atom stereocenters. The number of benzene rings is 3. The number of carbonyl (C=O) groups is 2. The molecule has 166 valence electrons. The first-order valence-electron chi connectivity index (χ1n) is 11.0. The van der Waals surface area contributed by atoms with E-state index in [0.717, 1.165) is 27.8 Å². The lowest BCUT2D eigenvalue weighted by atomic mass is 9.99. The van der Waals surface area contributed by atoms with E-state index in [0.29, 0.717) is 13.0 Å². The van der Waals surface area contributed by atoms with Gasteiger partial charge in [-0.2, -0.15) is 0 Å². The molecule has 0 aliphatic heterocycles. The maximum atomic E-state index is 13.6. The summed E-state index contributed by atoms with van der Waals surface area (Å²) >= 11 is 0. The number of rotatable bonds is 8. The van der Waals surface area contributed by atoms with Gasteiger partial charge in [0.15, 0.2) is 0 Å². The highest BCUT2D eigenvalue weighted by Crippen LogP contribution is 2.19. The van der Waals surface area contributed by atoms with Crippen LogP contribution in [0.3, 0.4) is 0 Å². The Morgan fingerprint density at radius 3 is 2.16 bits per heavy atom. The molecule has 0 spiro atoms. The summed E-state index contributed by atoms with van der Waals surface area (Å²) in [5, 5.41) is 2.77. The van der Waals surface area contributed by atoms with Crippen molar-refractivity contribution < 1.29 is 9.59 Å². The summed E-state index contributed by atoms with van der Waals surface area (Å²) in [6.07, 6.45) is 0.723. The van der Waals surface area contributed by atoms with Gasteiger partial charge in [-0.1, -0.05) is 72.8 Å². The van der Waals surface area contributed by atoms with Gasteiger partial charge in [0, 0.05) is 20.0 Å². The van der Waals surface area contributed by atoms with Crippen molar-refractivity contribution in [3.63, 3.8) is 0 Å². The van der Waals surface area contributed by atoms with Crippen molar-refractivity contribution in [1.29, 1.82) is 0 Å². The van der Waals surface area contributed by atoms with Crippen LogP contribution in [-0.2, 0) is 29.0 Å². The fourth-order valence-electron chi connectivity index (χ4n) is 3.88. The summed E-state index contributed by atoms with van der Waals surface area (Å²) in [7, 11) is 1.63. The summed E-state index contributed by atoms with van der Waals surface area (Å²) in [5.74, 6) is -0.211. The number of nitrogens with one attached hydrogen (secondary N) is 1. The van der Waals surface area contributed by atoms with E-state index in [-0.39, 0.29) is 18.2 Å². The topological polar surface area (TPSA) is 49.4 Å². The van der Waals surface area contributed by atoms with E-state index >= 15 is 0 Å². The first-order valence-corrected chi connectivity index (χ1v) is 11.0. The van der Waals surface area contributed by atoms with E-state index in [1.165, 1.54) is 5.56 Å². The number of carbonyl (C=O) groups excluding carboxylic acids is 2. The van der Waals surface area contributed by atoms with Crippen molar-refractivity contribution in [2.24, 2.45) is 0 Å². The molecule has 0 heterocycles. The molecular weight excluding hydrogens is 396 g/mol. The van der Waals surface area contributed by atoms with Crippen LogP contribution in [0.1, 0.15) is 33.4 Å². The Morgan fingerprint density at radius 1 is 0.812 bits per heavy atom. The van der Waals surface area contributed by atoms with Gasteiger partial charge >= 0.3 is 0 Å². The van der Waals surface area contributed by atoms with E-state index in [1.54, 1.807) is 11.9 Å². The van der Waals surface area contributed by atoms with Crippen molar-refractivity contribution in [2.75, 3.05) is 7.05 Å². The Kier molecular flexibility index (Phi) is 7.82. The van der Waals surface area contributed by atoms with E-state index in [1.807, 2.05) is 73.7 Å². The Hall–Kier alpha value is -3.40. The van der Waals surface area contributed by atoms with Crippen LogP contribution in [0.4, 0.5) is 0 Å². The molecule has 2 amide bonds. The number of likely N-dealkylation sites (N-methyl/N-ethyl adjacent to an activating group) is 1. The molecule has 0 saturated carbocycles. The highest BCUT2D eigenvalue weighted by molar-refractivity contribution is 5.88. The van der Waals surface area contributed by atoms with Crippen molar-refractivity contribution in [2.45, 2.75) is 46.2 Å². The summed E-state index contributed by atoms with van der Waals surface area (Å²) in [5.41, 5.74) is 6.49. The molecule has 0 bridgehead atoms. The van der Waals surface area contributed by atoms with Crippen molar-refractivity contribution in [1.82, 2.24) is 10.2 Å². The quantitative estimate of drug-likeness (QED) is 0.573. The zero-order chi connectivity index (χ0) is 23.1. The molecule has 32 heavy (non-hydrogen) atoms. The SMILES string of the molecule is CNC(=O)[C@H](Cc1ccccc1)N(Cc1ccccc1C)C(=O)Cc1ccc(C)c(C)c1. The summed E-state index contributed by atoms with van der Waals surface area (Å²) in [6.45, 7) is 6.54. The maximum Gasteiger partial charge on any atom is 0.242 e. The normalized spacial score (nSPS) is 11.6. The van der Waals surface area contributed by atoms with Crippen LogP contribution in [0.5, 0.6) is 0 Å². The lowest BCUT2D eigenvalue weighted by Gasteiger charge is -2.31. The van der Waals surface area contributed by atoms with Crippen molar-refractivity contribution in [3.05, 3.63) is 106 Å². The van der Waals surface area contributed by atoms with Gasteiger partial charge in [0.25, 0.3) is 0 Å². The monoisotopic (exact) mass is 428 g/mol. The van der Waals surface area contributed by atoms with Gasteiger partial charge in [-0.3, -0.25) is 9.59 Å². The first kappa shape index (κ1) is 23.3. The molecule has 0 fully saturated rings. The second-order valence-electron chi connectivity index (χ2n) is 8.36. The summed E-state index contributed by atoms with van der Waals surface area (Å²) in [4.78, 5) is 28.3. The lowest BCUT2D eigenvalue weighted by Crippen LogP contribution is -2.50. The van der Waals surface area contributed by atoms with Gasteiger partial charge in [-0.25, -0.2) is 0 Å². The standard InChI is InChI=1S/C28H32N2O2/c1-20-14-15-24(16-22(20)3)18-27(31)30(19-25-13-9-8-10-21(25)2)26(28(32)29-4)17-23-11-6-5-7-12-23/h5-16,26H,17-19H2,1-4H3,(H,29,32)/t26-/m0/s1. The number of aryl methyl sites for hydroxylation is 3. The molecule has 1 N–H and O–H groups in total. The van der Waals surface area contributed by atoms with Crippen LogP contribution >= 0.6 is 0 Å². The lowest BCUT2D eigenvalue weighted by molar-refractivity contribution is -0.140. The van der Waals surface area contributed by atoms with Gasteiger partial charge in [0.1, 0.15) is 6.04 Å². The number of amides is 2. The predicted molar refractivity (Wildman–Crippen MR) is 129 cm³/mol.